The van der Waals surface area contributed by atoms with Crippen LogP contribution in [0.5, 0.6) is 11.5 Å². The maximum Gasteiger partial charge on any atom is 0.289 e. The van der Waals surface area contributed by atoms with E-state index in [-0.39, 0.29) is 0 Å². The molecular weight excluding hydrogens is 294 g/mol. The van der Waals surface area contributed by atoms with E-state index >= 15 is 0 Å². The SMILES string of the molecule is COc1ccc([C@@H](N2CCNCC2)C(F)(F)CO)cc1OC. The van der Waals surface area contributed by atoms with Crippen molar-refractivity contribution in [3.05, 3.63) is 23.8 Å². The number of nitrogens with one attached hydrogen (secondary N) is 1. The van der Waals surface area contributed by atoms with Crippen molar-refractivity contribution in [3.63, 3.8) is 0 Å². The molecule has 2 rings (SSSR count). The molecule has 1 saturated heterocycles. The van der Waals surface area contributed by atoms with Gasteiger partial charge >= 0.3 is 0 Å². The van der Waals surface area contributed by atoms with Gasteiger partial charge in [-0.2, -0.15) is 0 Å². The molecule has 1 aliphatic heterocycles. The van der Waals surface area contributed by atoms with Gasteiger partial charge in [0.25, 0.3) is 5.92 Å². The number of methoxy groups -OCH3 is 2. The van der Waals surface area contributed by atoms with Crippen molar-refractivity contribution in [2.24, 2.45) is 0 Å². The molecule has 7 heteroatoms. The molecule has 0 unspecified atom stereocenters. The van der Waals surface area contributed by atoms with Crippen LogP contribution < -0.4 is 14.8 Å². The molecule has 1 aromatic rings. The fraction of sp³-hybridized carbons (Fsp3) is 0.600. The first-order valence-electron chi connectivity index (χ1n) is 7.19. The van der Waals surface area contributed by atoms with Gasteiger partial charge in [0.05, 0.1) is 14.2 Å². The van der Waals surface area contributed by atoms with Crippen LogP contribution in [0.2, 0.25) is 0 Å². The van der Waals surface area contributed by atoms with Crippen molar-refractivity contribution >= 4 is 0 Å². The van der Waals surface area contributed by atoms with Crippen molar-refractivity contribution in [2.45, 2.75) is 12.0 Å². The van der Waals surface area contributed by atoms with E-state index in [4.69, 9.17) is 14.6 Å². The molecule has 1 fully saturated rings. The van der Waals surface area contributed by atoms with Gasteiger partial charge in [0.1, 0.15) is 12.6 Å². The predicted octanol–water partition coefficient (Wildman–Crippen LogP) is 1.28. The van der Waals surface area contributed by atoms with E-state index < -0.39 is 18.6 Å². The van der Waals surface area contributed by atoms with Crippen LogP contribution in [0.4, 0.5) is 8.78 Å². The average molecular weight is 316 g/mol. The lowest BCUT2D eigenvalue weighted by atomic mass is 9.97. The van der Waals surface area contributed by atoms with E-state index in [0.717, 1.165) is 0 Å². The summed E-state index contributed by atoms with van der Waals surface area (Å²) in [5.41, 5.74) is 0.401. The van der Waals surface area contributed by atoms with Gasteiger partial charge in [-0.3, -0.25) is 4.90 Å². The number of alkyl halides is 2. The lowest BCUT2D eigenvalue weighted by molar-refractivity contribution is -0.118. The molecule has 0 saturated carbocycles. The highest BCUT2D eigenvalue weighted by atomic mass is 19.3. The highest BCUT2D eigenvalue weighted by Crippen LogP contribution is 2.39. The van der Waals surface area contributed by atoms with E-state index in [1.54, 1.807) is 23.1 Å². The molecule has 0 amide bonds. The number of aliphatic hydroxyl groups excluding tert-OH is 1. The van der Waals surface area contributed by atoms with E-state index in [2.05, 4.69) is 5.32 Å². The Morgan fingerprint density at radius 2 is 1.86 bits per heavy atom. The number of ether oxygens (including phenoxy) is 2. The predicted molar refractivity (Wildman–Crippen MR) is 78.8 cm³/mol. The van der Waals surface area contributed by atoms with Crippen molar-refractivity contribution in [3.8, 4) is 11.5 Å². The van der Waals surface area contributed by atoms with Crippen molar-refractivity contribution in [1.82, 2.24) is 10.2 Å². The van der Waals surface area contributed by atoms with Crippen LogP contribution in [-0.2, 0) is 0 Å². The summed E-state index contributed by atoms with van der Waals surface area (Å²) in [6.45, 7) is 1.08. The minimum atomic E-state index is -3.24. The number of benzene rings is 1. The molecule has 1 heterocycles. The highest BCUT2D eigenvalue weighted by molar-refractivity contribution is 5.44. The summed E-state index contributed by atoms with van der Waals surface area (Å²) in [5, 5.41) is 12.3. The van der Waals surface area contributed by atoms with Gasteiger partial charge in [-0.1, -0.05) is 6.07 Å². The Hall–Kier alpha value is -1.44. The summed E-state index contributed by atoms with van der Waals surface area (Å²) < 4.78 is 39.0. The molecule has 2 N–H and O–H groups in total. The first kappa shape index (κ1) is 16.9. The monoisotopic (exact) mass is 316 g/mol. The lowest BCUT2D eigenvalue weighted by Crippen LogP contribution is -2.51. The maximum atomic E-state index is 14.3. The first-order valence-corrected chi connectivity index (χ1v) is 7.19. The maximum absolute atomic E-state index is 14.3. The smallest absolute Gasteiger partial charge is 0.289 e. The van der Waals surface area contributed by atoms with E-state index in [1.165, 1.54) is 14.2 Å². The second kappa shape index (κ2) is 7.21. The molecular formula is C15H22F2N2O3. The summed E-state index contributed by atoms with van der Waals surface area (Å²) in [6, 6.07) is 3.56. The highest BCUT2D eigenvalue weighted by Gasteiger charge is 2.44. The summed E-state index contributed by atoms with van der Waals surface area (Å²) in [4.78, 5) is 1.69. The van der Waals surface area contributed by atoms with E-state index in [9.17, 15) is 8.78 Å². The number of hydrogen-bond acceptors (Lipinski definition) is 5. The Morgan fingerprint density at radius 1 is 1.23 bits per heavy atom. The van der Waals surface area contributed by atoms with Gasteiger partial charge in [0.2, 0.25) is 0 Å². The molecule has 5 nitrogen and oxygen atoms in total. The minimum absolute atomic E-state index is 0.397. The van der Waals surface area contributed by atoms with Crippen LogP contribution in [0.1, 0.15) is 11.6 Å². The standard InChI is InChI=1S/C15H22F2N2O3/c1-21-12-4-3-11(9-13(12)22-2)14(15(16,17)10-20)19-7-5-18-6-8-19/h3-4,9,14,18,20H,5-8,10H2,1-2H3/t14-/m1/s1. The zero-order valence-corrected chi connectivity index (χ0v) is 12.8. The van der Waals surface area contributed by atoms with Crippen LogP contribution in [0, 0.1) is 0 Å². The molecule has 0 aliphatic carbocycles. The number of piperazine rings is 1. The summed E-state index contributed by atoms with van der Waals surface area (Å²) >= 11 is 0. The third-order valence-electron chi connectivity index (χ3n) is 3.85. The fourth-order valence-corrected chi connectivity index (χ4v) is 2.77. The van der Waals surface area contributed by atoms with Crippen molar-refractivity contribution < 1.29 is 23.4 Å². The van der Waals surface area contributed by atoms with Crippen molar-refractivity contribution in [1.29, 1.82) is 0 Å². The topological polar surface area (TPSA) is 54.0 Å². The van der Waals surface area contributed by atoms with E-state index in [1.807, 2.05) is 0 Å². The number of halogens is 2. The molecule has 1 atom stereocenters. The van der Waals surface area contributed by atoms with Gasteiger partial charge in [-0.05, 0) is 17.7 Å². The first-order chi connectivity index (χ1) is 10.5. The van der Waals surface area contributed by atoms with Gasteiger partial charge < -0.3 is 19.9 Å². The molecule has 1 aliphatic rings. The Bertz CT molecular complexity index is 494. The lowest BCUT2D eigenvalue weighted by Gasteiger charge is -2.38. The fourth-order valence-electron chi connectivity index (χ4n) is 2.77. The molecule has 1 aromatic carbocycles. The van der Waals surface area contributed by atoms with Gasteiger partial charge in [0, 0.05) is 26.2 Å². The summed E-state index contributed by atoms with van der Waals surface area (Å²) in [7, 11) is 2.96. The third-order valence-corrected chi connectivity index (χ3v) is 3.85. The number of rotatable bonds is 6. The third kappa shape index (κ3) is 3.48. The molecule has 0 aromatic heterocycles. The zero-order valence-electron chi connectivity index (χ0n) is 12.8. The molecule has 124 valence electrons. The molecule has 0 radical (unpaired) electrons. The second-order valence-corrected chi connectivity index (χ2v) is 5.22. The molecule has 0 bridgehead atoms. The summed E-state index contributed by atoms with van der Waals surface area (Å²) in [5.74, 6) is -2.36. The van der Waals surface area contributed by atoms with Gasteiger partial charge in [0.15, 0.2) is 11.5 Å². The molecule has 0 spiro atoms. The normalized spacial score (nSPS) is 18.0. The zero-order chi connectivity index (χ0) is 16.2. The Kier molecular flexibility index (Phi) is 5.55. The Balaban J connectivity index is 2.39. The van der Waals surface area contributed by atoms with Crippen LogP contribution in [0.15, 0.2) is 18.2 Å². The van der Waals surface area contributed by atoms with Gasteiger partial charge in [-0.25, -0.2) is 8.78 Å². The van der Waals surface area contributed by atoms with Crippen LogP contribution in [-0.4, -0.2) is 62.9 Å². The van der Waals surface area contributed by atoms with Crippen LogP contribution in [0.3, 0.4) is 0 Å². The quantitative estimate of drug-likeness (QED) is 0.828. The second-order valence-electron chi connectivity index (χ2n) is 5.22. The Morgan fingerprint density at radius 3 is 2.41 bits per heavy atom. The number of hydrogen-bond donors (Lipinski definition) is 2. The number of nitrogens with zero attached hydrogens (tertiary/aromatic N) is 1. The number of aliphatic hydroxyl groups is 1. The van der Waals surface area contributed by atoms with Crippen molar-refractivity contribution in [2.75, 3.05) is 47.0 Å². The minimum Gasteiger partial charge on any atom is -0.493 e. The molecule has 22 heavy (non-hydrogen) atoms. The van der Waals surface area contributed by atoms with E-state index in [0.29, 0.717) is 43.2 Å². The van der Waals surface area contributed by atoms with Crippen LogP contribution >= 0.6 is 0 Å². The van der Waals surface area contributed by atoms with Gasteiger partial charge in [-0.15, -0.1) is 0 Å². The largest absolute Gasteiger partial charge is 0.493 e. The summed E-state index contributed by atoms with van der Waals surface area (Å²) in [6.07, 6.45) is 0. The average Bonchev–Trinajstić information content (AvgIpc) is 2.55. The van der Waals surface area contributed by atoms with Crippen LogP contribution in [0.25, 0.3) is 0 Å². The Labute approximate surface area is 128 Å².